The van der Waals surface area contributed by atoms with E-state index in [1.54, 1.807) is 0 Å². The molecule has 4 heteroatoms. The third-order valence-corrected chi connectivity index (χ3v) is 5.52. The molecule has 140 valence electrons. The van der Waals surface area contributed by atoms with E-state index in [1.165, 1.54) is 42.3 Å². The molecule has 0 aromatic heterocycles. The van der Waals surface area contributed by atoms with Crippen LogP contribution in [0.5, 0.6) is 0 Å². The highest BCUT2D eigenvalue weighted by molar-refractivity contribution is 5.86. The largest absolute Gasteiger partial charge is 0.450 e. The van der Waals surface area contributed by atoms with E-state index in [1.807, 2.05) is 6.92 Å². The van der Waals surface area contributed by atoms with Crippen LogP contribution in [0.15, 0.2) is 42.5 Å². The van der Waals surface area contributed by atoms with Gasteiger partial charge in [-0.1, -0.05) is 49.4 Å². The minimum atomic E-state index is -0.333. The molecule has 1 atom stereocenters. The number of nitrogens with zero attached hydrogens (tertiary/aromatic N) is 1. The lowest BCUT2D eigenvalue weighted by Crippen LogP contribution is -2.41. The SMILES string of the molecule is CCOC(=O)NCC(C)(CCN1CCCC1)c1cccc2ccccc12. The van der Waals surface area contributed by atoms with Crippen molar-refractivity contribution in [3.05, 3.63) is 48.0 Å². The molecular weight excluding hydrogens is 324 g/mol. The summed E-state index contributed by atoms with van der Waals surface area (Å²) in [6.45, 7) is 8.50. The number of amides is 1. The zero-order chi connectivity index (χ0) is 18.4. The Morgan fingerprint density at radius 3 is 2.65 bits per heavy atom. The Hall–Kier alpha value is -2.07. The molecule has 3 rings (SSSR count). The van der Waals surface area contributed by atoms with Gasteiger partial charge in [0.25, 0.3) is 0 Å². The van der Waals surface area contributed by atoms with Crippen LogP contribution in [0.1, 0.15) is 38.7 Å². The average Bonchev–Trinajstić information content (AvgIpc) is 3.18. The number of fused-ring (bicyclic) bond motifs is 1. The molecule has 1 N–H and O–H groups in total. The number of alkyl carbamates (subject to hydrolysis) is 1. The van der Waals surface area contributed by atoms with Crippen molar-refractivity contribution < 1.29 is 9.53 Å². The standard InChI is InChI=1S/C22H30N2O2/c1-3-26-21(25)23-17-22(2,13-16-24-14-6-7-15-24)20-12-8-10-18-9-4-5-11-19(18)20/h4-5,8-12H,3,6-7,13-17H2,1-2H3,(H,23,25). The van der Waals surface area contributed by atoms with Crippen molar-refractivity contribution in [2.45, 2.75) is 38.5 Å². The Morgan fingerprint density at radius 1 is 1.15 bits per heavy atom. The third-order valence-electron chi connectivity index (χ3n) is 5.52. The second-order valence-electron chi connectivity index (χ2n) is 7.46. The fourth-order valence-corrected chi connectivity index (χ4v) is 3.93. The number of rotatable bonds is 7. The minimum Gasteiger partial charge on any atom is -0.450 e. The first-order valence-electron chi connectivity index (χ1n) is 9.73. The van der Waals surface area contributed by atoms with Gasteiger partial charge in [0, 0.05) is 12.0 Å². The summed E-state index contributed by atoms with van der Waals surface area (Å²) < 4.78 is 5.08. The van der Waals surface area contributed by atoms with Crippen LogP contribution >= 0.6 is 0 Å². The molecule has 1 aliphatic heterocycles. The highest BCUT2D eigenvalue weighted by Crippen LogP contribution is 2.33. The van der Waals surface area contributed by atoms with Gasteiger partial charge in [0.05, 0.1) is 6.61 Å². The Kier molecular flexibility index (Phi) is 6.15. The van der Waals surface area contributed by atoms with E-state index in [0.29, 0.717) is 13.2 Å². The first-order chi connectivity index (χ1) is 12.6. The van der Waals surface area contributed by atoms with Crippen LogP contribution in [0.4, 0.5) is 4.79 Å². The highest BCUT2D eigenvalue weighted by Gasteiger charge is 2.30. The van der Waals surface area contributed by atoms with Gasteiger partial charge in [0.1, 0.15) is 0 Å². The summed E-state index contributed by atoms with van der Waals surface area (Å²) in [4.78, 5) is 14.4. The van der Waals surface area contributed by atoms with Crippen LogP contribution in [-0.2, 0) is 10.2 Å². The summed E-state index contributed by atoms with van der Waals surface area (Å²) in [6, 6.07) is 15.0. The fraction of sp³-hybridized carbons (Fsp3) is 0.500. The number of carbonyl (C=O) groups is 1. The minimum absolute atomic E-state index is 0.143. The molecule has 26 heavy (non-hydrogen) atoms. The van der Waals surface area contributed by atoms with Gasteiger partial charge in [-0.3, -0.25) is 0 Å². The predicted octanol–water partition coefficient (Wildman–Crippen LogP) is 4.33. The van der Waals surface area contributed by atoms with Crippen molar-refractivity contribution in [2.75, 3.05) is 32.8 Å². The van der Waals surface area contributed by atoms with E-state index in [-0.39, 0.29) is 11.5 Å². The highest BCUT2D eigenvalue weighted by atomic mass is 16.5. The lowest BCUT2D eigenvalue weighted by Gasteiger charge is -2.33. The summed E-state index contributed by atoms with van der Waals surface area (Å²) in [6.07, 6.45) is 3.27. The average molecular weight is 354 g/mol. The molecule has 1 saturated heterocycles. The van der Waals surface area contributed by atoms with E-state index in [0.717, 1.165) is 13.0 Å². The predicted molar refractivity (Wildman–Crippen MR) is 107 cm³/mol. The molecule has 1 fully saturated rings. The maximum Gasteiger partial charge on any atom is 0.407 e. The lowest BCUT2D eigenvalue weighted by atomic mass is 9.77. The Bertz CT molecular complexity index is 735. The van der Waals surface area contributed by atoms with E-state index in [9.17, 15) is 4.79 Å². The molecule has 0 spiro atoms. The maximum atomic E-state index is 11.9. The second kappa shape index (κ2) is 8.54. The number of nitrogens with one attached hydrogen (secondary N) is 1. The Balaban J connectivity index is 1.86. The van der Waals surface area contributed by atoms with Gasteiger partial charge in [-0.2, -0.15) is 0 Å². The van der Waals surface area contributed by atoms with E-state index in [2.05, 4.69) is 59.6 Å². The van der Waals surface area contributed by atoms with Crippen molar-refractivity contribution >= 4 is 16.9 Å². The van der Waals surface area contributed by atoms with Crippen LogP contribution < -0.4 is 5.32 Å². The summed E-state index contributed by atoms with van der Waals surface area (Å²) in [5.41, 5.74) is 1.16. The van der Waals surface area contributed by atoms with Gasteiger partial charge in [-0.25, -0.2) is 4.79 Å². The number of carbonyl (C=O) groups excluding carboxylic acids is 1. The zero-order valence-electron chi connectivity index (χ0n) is 16.0. The number of hydrogen-bond acceptors (Lipinski definition) is 3. The number of ether oxygens (including phenoxy) is 1. The van der Waals surface area contributed by atoms with Crippen LogP contribution in [-0.4, -0.2) is 43.8 Å². The first-order valence-corrected chi connectivity index (χ1v) is 9.73. The molecule has 0 saturated carbocycles. The second-order valence-corrected chi connectivity index (χ2v) is 7.46. The number of benzene rings is 2. The molecule has 4 nitrogen and oxygen atoms in total. The van der Waals surface area contributed by atoms with E-state index in [4.69, 9.17) is 4.74 Å². The molecular formula is C22H30N2O2. The summed E-state index contributed by atoms with van der Waals surface area (Å²) in [5, 5.41) is 5.50. The van der Waals surface area contributed by atoms with Crippen LogP contribution in [0.2, 0.25) is 0 Å². The first kappa shape index (κ1) is 18.7. The molecule has 2 aromatic rings. The van der Waals surface area contributed by atoms with Gasteiger partial charge in [0.2, 0.25) is 0 Å². The molecule has 0 radical (unpaired) electrons. The Labute approximate surface area is 156 Å². The number of hydrogen-bond donors (Lipinski definition) is 1. The molecule has 1 heterocycles. The number of likely N-dealkylation sites (tertiary alicyclic amines) is 1. The van der Waals surface area contributed by atoms with Crippen molar-refractivity contribution in [1.82, 2.24) is 10.2 Å². The van der Waals surface area contributed by atoms with Crippen molar-refractivity contribution in [3.63, 3.8) is 0 Å². The Morgan fingerprint density at radius 2 is 1.88 bits per heavy atom. The van der Waals surface area contributed by atoms with E-state index >= 15 is 0 Å². The topological polar surface area (TPSA) is 41.6 Å². The fourth-order valence-electron chi connectivity index (χ4n) is 3.93. The van der Waals surface area contributed by atoms with Crippen LogP contribution in [0.3, 0.4) is 0 Å². The van der Waals surface area contributed by atoms with Gasteiger partial charge < -0.3 is 15.0 Å². The molecule has 2 aromatic carbocycles. The van der Waals surface area contributed by atoms with Crippen LogP contribution in [0.25, 0.3) is 10.8 Å². The molecule has 0 bridgehead atoms. The summed E-state index contributed by atoms with van der Waals surface area (Å²) in [7, 11) is 0. The van der Waals surface area contributed by atoms with Crippen LogP contribution in [0, 0.1) is 0 Å². The third kappa shape index (κ3) is 4.36. The monoisotopic (exact) mass is 354 g/mol. The maximum absolute atomic E-state index is 11.9. The smallest absolute Gasteiger partial charge is 0.407 e. The summed E-state index contributed by atoms with van der Waals surface area (Å²) >= 11 is 0. The molecule has 1 unspecified atom stereocenters. The van der Waals surface area contributed by atoms with E-state index < -0.39 is 0 Å². The van der Waals surface area contributed by atoms with Crippen molar-refractivity contribution in [3.8, 4) is 0 Å². The zero-order valence-corrected chi connectivity index (χ0v) is 16.0. The van der Waals surface area contributed by atoms with Crippen molar-refractivity contribution in [1.29, 1.82) is 0 Å². The lowest BCUT2D eigenvalue weighted by molar-refractivity contribution is 0.148. The molecule has 1 aliphatic rings. The summed E-state index contributed by atoms with van der Waals surface area (Å²) in [5.74, 6) is 0. The normalized spacial score (nSPS) is 17.2. The molecule has 0 aliphatic carbocycles. The van der Waals surface area contributed by atoms with Gasteiger partial charge in [-0.05, 0) is 62.2 Å². The quantitative estimate of drug-likeness (QED) is 0.805. The van der Waals surface area contributed by atoms with Gasteiger partial charge in [0.15, 0.2) is 0 Å². The van der Waals surface area contributed by atoms with Crippen molar-refractivity contribution in [2.24, 2.45) is 0 Å². The van der Waals surface area contributed by atoms with Gasteiger partial charge >= 0.3 is 6.09 Å². The molecule has 1 amide bonds. The van der Waals surface area contributed by atoms with Gasteiger partial charge in [-0.15, -0.1) is 0 Å².